The van der Waals surface area contributed by atoms with Gasteiger partial charge in [0.15, 0.2) is 0 Å². The van der Waals surface area contributed by atoms with Gasteiger partial charge in [0.2, 0.25) is 0 Å². The van der Waals surface area contributed by atoms with Crippen LogP contribution >= 0.6 is 11.3 Å². The number of thiophene rings is 1. The fraction of sp³-hybridized carbons (Fsp3) is 0.350. The standard InChI is InChI=1S/C20H17F3N2O3S/c21-20(22,23)13-6-2-3-7-14(13)28-16(26)9-10-25-11-24-18-17(19(25)27)12-5-1-4-8-15(12)29-18/h2-3,6-7,11H,1,4-5,8-10H2. The molecule has 0 saturated heterocycles. The summed E-state index contributed by atoms with van der Waals surface area (Å²) in [7, 11) is 0. The van der Waals surface area contributed by atoms with Crippen molar-refractivity contribution in [2.45, 2.75) is 44.8 Å². The highest BCUT2D eigenvalue weighted by Crippen LogP contribution is 2.36. The third-order valence-electron chi connectivity index (χ3n) is 4.91. The van der Waals surface area contributed by atoms with Crippen molar-refractivity contribution in [1.82, 2.24) is 9.55 Å². The highest BCUT2D eigenvalue weighted by molar-refractivity contribution is 7.18. The smallest absolute Gasteiger partial charge is 0.419 e. The maximum absolute atomic E-state index is 13.0. The van der Waals surface area contributed by atoms with Crippen LogP contribution in [0.1, 0.15) is 35.3 Å². The average molecular weight is 422 g/mol. The van der Waals surface area contributed by atoms with Gasteiger partial charge in [0.1, 0.15) is 10.6 Å². The molecule has 29 heavy (non-hydrogen) atoms. The number of fused-ring (bicyclic) bond motifs is 3. The summed E-state index contributed by atoms with van der Waals surface area (Å²) in [6.45, 7) is -0.0145. The maximum Gasteiger partial charge on any atom is 0.419 e. The Morgan fingerprint density at radius 1 is 1.21 bits per heavy atom. The summed E-state index contributed by atoms with van der Waals surface area (Å²) >= 11 is 1.53. The lowest BCUT2D eigenvalue weighted by Gasteiger charge is -2.13. The Labute approximate surface area is 167 Å². The third-order valence-corrected chi connectivity index (χ3v) is 6.11. The summed E-state index contributed by atoms with van der Waals surface area (Å²) in [6.07, 6.45) is 0.417. The van der Waals surface area contributed by atoms with Crippen molar-refractivity contribution >= 4 is 27.5 Å². The molecule has 2 aromatic heterocycles. The molecule has 1 aromatic carbocycles. The molecule has 0 fully saturated rings. The van der Waals surface area contributed by atoms with E-state index in [1.807, 2.05) is 0 Å². The van der Waals surface area contributed by atoms with Gasteiger partial charge in [0.25, 0.3) is 5.56 Å². The number of aromatic nitrogens is 2. The van der Waals surface area contributed by atoms with Gasteiger partial charge >= 0.3 is 12.1 Å². The molecule has 0 atom stereocenters. The van der Waals surface area contributed by atoms with E-state index in [1.165, 1.54) is 39.2 Å². The topological polar surface area (TPSA) is 61.2 Å². The first kappa shape index (κ1) is 19.6. The summed E-state index contributed by atoms with van der Waals surface area (Å²) in [6, 6.07) is 4.53. The molecular weight excluding hydrogens is 405 g/mol. The first-order valence-corrected chi connectivity index (χ1v) is 10.0. The number of aryl methyl sites for hydroxylation is 3. The van der Waals surface area contributed by atoms with E-state index in [-0.39, 0.29) is 18.5 Å². The van der Waals surface area contributed by atoms with Gasteiger partial charge in [0.05, 0.1) is 23.7 Å². The van der Waals surface area contributed by atoms with Gasteiger partial charge < -0.3 is 4.74 Å². The summed E-state index contributed by atoms with van der Waals surface area (Å²) in [5, 5.41) is 0.600. The highest BCUT2D eigenvalue weighted by Gasteiger charge is 2.34. The normalized spacial score (nSPS) is 14.0. The van der Waals surface area contributed by atoms with Gasteiger partial charge in [-0.05, 0) is 43.4 Å². The Morgan fingerprint density at radius 3 is 2.76 bits per heavy atom. The van der Waals surface area contributed by atoms with Crippen LogP contribution in [0.2, 0.25) is 0 Å². The molecule has 0 amide bonds. The molecule has 9 heteroatoms. The van der Waals surface area contributed by atoms with E-state index in [4.69, 9.17) is 4.74 Å². The first-order chi connectivity index (χ1) is 13.8. The Balaban J connectivity index is 1.51. The van der Waals surface area contributed by atoms with Crippen LogP contribution in [0.3, 0.4) is 0 Å². The quantitative estimate of drug-likeness (QED) is 0.463. The average Bonchev–Trinajstić information content (AvgIpc) is 3.06. The van der Waals surface area contributed by atoms with Crippen LogP contribution in [0.4, 0.5) is 13.2 Å². The van der Waals surface area contributed by atoms with Gasteiger partial charge in [-0.15, -0.1) is 11.3 Å². The summed E-state index contributed by atoms with van der Waals surface area (Å²) in [5.74, 6) is -1.39. The van der Waals surface area contributed by atoms with Crippen molar-refractivity contribution in [2.24, 2.45) is 0 Å². The lowest BCUT2D eigenvalue weighted by molar-refractivity contribution is -0.142. The molecule has 1 aliphatic carbocycles. The molecule has 0 N–H and O–H groups in total. The van der Waals surface area contributed by atoms with Crippen molar-refractivity contribution in [3.05, 3.63) is 57.0 Å². The molecule has 0 saturated carbocycles. The number of hydrogen-bond acceptors (Lipinski definition) is 5. The minimum absolute atomic E-state index is 0.0145. The first-order valence-electron chi connectivity index (χ1n) is 9.21. The second-order valence-corrected chi connectivity index (χ2v) is 7.94. The van der Waals surface area contributed by atoms with Crippen LogP contribution < -0.4 is 10.3 Å². The van der Waals surface area contributed by atoms with Crippen molar-refractivity contribution in [3.63, 3.8) is 0 Å². The predicted molar refractivity (Wildman–Crippen MR) is 102 cm³/mol. The molecule has 152 valence electrons. The molecule has 0 aliphatic heterocycles. The van der Waals surface area contributed by atoms with Gasteiger partial charge in [-0.3, -0.25) is 14.2 Å². The van der Waals surface area contributed by atoms with E-state index < -0.39 is 23.5 Å². The van der Waals surface area contributed by atoms with Gasteiger partial charge in [0, 0.05) is 11.4 Å². The maximum atomic E-state index is 13.0. The number of hydrogen-bond donors (Lipinski definition) is 0. The zero-order valence-electron chi connectivity index (χ0n) is 15.3. The molecule has 3 aromatic rings. The van der Waals surface area contributed by atoms with Crippen LogP contribution in [-0.4, -0.2) is 15.5 Å². The van der Waals surface area contributed by atoms with Crippen LogP contribution in [0, 0.1) is 0 Å². The van der Waals surface area contributed by atoms with E-state index in [0.717, 1.165) is 43.4 Å². The van der Waals surface area contributed by atoms with E-state index in [2.05, 4.69) is 4.98 Å². The van der Waals surface area contributed by atoms with E-state index >= 15 is 0 Å². The molecule has 0 bridgehead atoms. The number of para-hydroxylation sites is 1. The number of nitrogens with zero attached hydrogens (tertiary/aromatic N) is 2. The highest BCUT2D eigenvalue weighted by atomic mass is 32.1. The van der Waals surface area contributed by atoms with Crippen molar-refractivity contribution in [1.29, 1.82) is 0 Å². The minimum Gasteiger partial charge on any atom is -0.426 e. The number of benzene rings is 1. The number of carbonyl (C=O) groups excluding carboxylic acids is 1. The van der Waals surface area contributed by atoms with Crippen molar-refractivity contribution in [3.8, 4) is 5.75 Å². The van der Waals surface area contributed by atoms with Crippen LogP contribution in [0.15, 0.2) is 35.4 Å². The number of halogens is 3. The van der Waals surface area contributed by atoms with Gasteiger partial charge in [-0.1, -0.05) is 12.1 Å². The lowest BCUT2D eigenvalue weighted by Crippen LogP contribution is -2.23. The Hall–Kier alpha value is -2.68. The molecular formula is C20H17F3N2O3S. The molecule has 2 heterocycles. The zero-order valence-corrected chi connectivity index (χ0v) is 16.1. The summed E-state index contributed by atoms with van der Waals surface area (Å²) in [4.78, 5) is 31.2. The lowest BCUT2D eigenvalue weighted by atomic mass is 9.97. The van der Waals surface area contributed by atoms with Crippen LogP contribution in [-0.2, 0) is 30.4 Å². The second-order valence-electron chi connectivity index (χ2n) is 6.85. The molecule has 5 nitrogen and oxygen atoms in total. The largest absolute Gasteiger partial charge is 0.426 e. The van der Waals surface area contributed by atoms with Crippen LogP contribution in [0.25, 0.3) is 10.2 Å². The SMILES string of the molecule is O=C(CCn1cnc2sc3c(c2c1=O)CCCC3)Oc1ccccc1C(F)(F)F. The molecule has 0 spiro atoms. The fourth-order valence-corrected chi connectivity index (χ4v) is 4.74. The summed E-state index contributed by atoms with van der Waals surface area (Å²) < 4.78 is 45.3. The fourth-order valence-electron chi connectivity index (χ4n) is 3.52. The van der Waals surface area contributed by atoms with Gasteiger partial charge in [-0.2, -0.15) is 13.2 Å². The minimum atomic E-state index is -4.62. The van der Waals surface area contributed by atoms with Gasteiger partial charge in [-0.25, -0.2) is 4.98 Å². The van der Waals surface area contributed by atoms with Crippen molar-refractivity contribution < 1.29 is 22.7 Å². The van der Waals surface area contributed by atoms with E-state index in [0.29, 0.717) is 10.2 Å². The predicted octanol–water partition coefficient (Wildman–Crippen LogP) is 4.35. The molecule has 0 unspecified atom stereocenters. The van der Waals surface area contributed by atoms with E-state index in [1.54, 1.807) is 0 Å². The number of alkyl halides is 3. The second kappa shape index (κ2) is 7.62. The number of carbonyl (C=O) groups is 1. The number of rotatable bonds is 4. The number of esters is 1. The molecule has 1 aliphatic rings. The molecule has 4 rings (SSSR count). The summed E-state index contributed by atoms with van der Waals surface area (Å²) in [5.41, 5.74) is -0.193. The Morgan fingerprint density at radius 2 is 1.97 bits per heavy atom. The third kappa shape index (κ3) is 3.91. The monoisotopic (exact) mass is 422 g/mol. The Bertz CT molecular complexity index is 1130. The van der Waals surface area contributed by atoms with Crippen LogP contribution in [0.5, 0.6) is 5.75 Å². The Kier molecular flexibility index (Phi) is 5.16. The van der Waals surface area contributed by atoms with E-state index in [9.17, 15) is 22.8 Å². The molecule has 0 radical (unpaired) electrons. The number of ether oxygens (including phenoxy) is 1. The van der Waals surface area contributed by atoms with Crippen molar-refractivity contribution in [2.75, 3.05) is 0 Å². The zero-order chi connectivity index (χ0) is 20.6.